The molecule has 3 heterocycles. The number of aromatic nitrogens is 2. The van der Waals surface area contributed by atoms with Gasteiger partial charge in [-0.25, -0.2) is 4.79 Å². The van der Waals surface area contributed by atoms with E-state index in [0.29, 0.717) is 34.0 Å². The molecule has 1 aromatic heterocycles. The van der Waals surface area contributed by atoms with Gasteiger partial charge in [-0.15, -0.1) is 5.10 Å². The number of ether oxygens (including phenoxy) is 2. The van der Waals surface area contributed by atoms with Crippen LogP contribution in [0.4, 0.5) is 5.69 Å². The van der Waals surface area contributed by atoms with E-state index in [-0.39, 0.29) is 29.8 Å². The number of H-pyrrole nitrogens is 1. The third-order valence-corrected chi connectivity index (χ3v) is 6.57. The summed E-state index contributed by atoms with van der Waals surface area (Å²) in [5.74, 6) is -1.07. The summed E-state index contributed by atoms with van der Waals surface area (Å²) in [6, 6.07) is 14.7. The average Bonchev–Trinajstić information content (AvgIpc) is 3.34. The zero-order valence-electron chi connectivity index (χ0n) is 18.7. The van der Waals surface area contributed by atoms with Crippen LogP contribution in [0.2, 0.25) is 5.02 Å². The lowest BCUT2D eigenvalue weighted by molar-refractivity contribution is -0.138. The highest BCUT2D eigenvalue weighted by molar-refractivity contribution is 6.30. The van der Waals surface area contributed by atoms with Crippen LogP contribution < -0.4 is 15.4 Å². The molecule has 0 saturated heterocycles. The van der Waals surface area contributed by atoms with Crippen molar-refractivity contribution in [2.75, 3.05) is 12.0 Å². The van der Waals surface area contributed by atoms with Gasteiger partial charge in [0.05, 0.1) is 19.2 Å². The molecule has 0 bridgehead atoms. The third-order valence-electron chi connectivity index (χ3n) is 6.32. The number of amides is 1. The number of hydrogen-bond donors (Lipinski definition) is 2. The van der Waals surface area contributed by atoms with Crippen molar-refractivity contribution in [3.63, 3.8) is 0 Å². The van der Waals surface area contributed by atoms with E-state index < -0.39 is 11.4 Å². The molecule has 0 saturated carbocycles. The Morgan fingerprint density at radius 2 is 1.97 bits per heavy atom. The van der Waals surface area contributed by atoms with Gasteiger partial charge in [0, 0.05) is 22.0 Å². The average molecular weight is 479 g/mol. The van der Waals surface area contributed by atoms with Crippen LogP contribution in [0, 0.1) is 0 Å². The second-order valence-electron chi connectivity index (χ2n) is 8.25. The Morgan fingerprint density at radius 1 is 1.24 bits per heavy atom. The van der Waals surface area contributed by atoms with E-state index >= 15 is 0 Å². The molecule has 2 aliphatic heterocycles. The molecule has 0 aliphatic carbocycles. The topological polar surface area (TPSA) is 111 Å². The van der Waals surface area contributed by atoms with Crippen LogP contribution in [0.5, 0.6) is 5.88 Å². The Labute approximate surface area is 201 Å². The molecule has 2 aromatic carbocycles. The Bertz CT molecular complexity index is 1330. The molecule has 0 radical (unpaired) electrons. The molecule has 0 fully saturated rings. The van der Waals surface area contributed by atoms with Crippen LogP contribution >= 0.6 is 11.6 Å². The van der Waals surface area contributed by atoms with Gasteiger partial charge in [-0.2, -0.15) is 0 Å². The second kappa shape index (κ2) is 8.22. The van der Waals surface area contributed by atoms with Crippen molar-refractivity contribution in [2.45, 2.75) is 31.7 Å². The molecule has 1 atom stereocenters. The summed E-state index contributed by atoms with van der Waals surface area (Å²) < 4.78 is 10.8. The number of nitrogens with two attached hydrogens (primary N) is 1. The number of para-hydroxylation sites is 1. The number of carbonyl (C=O) groups excluding carboxylic acids is 2. The summed E-state index contributed by atoms with van der Waals surface area (Å²) in [7, 11) is 1.25. The molecule has 9 heteroatoms. The third kappa shape index (κ3) is 3.02. The lowest BCUT2D eigenvalue weighted by atomic mass is 9.68. The van der Waals surface area contributed by atoms with Crippen molar-refractivity contribution >= 4 is 29.2 Å². The molecule has 3 N–H and O–H groups in total. The van der Waals surface area contributed by atoms with Gasteiger partial charge >= 0.3 is 5.97 Å². The zero-order valence-corrected chi connectivity index (χ0v) is 19.5. The minimum absolute atomic E-state index is 0.0442. The van der Waals surface area contributed by atoms with Gasteiger partial charge in [-0.1, -0.05) is 55.3 Å². The van der Waals surface area contributed by atoms with E-state index in [1.54, 1.807) is 17.0 Å². The van der Waals surface area contributed by atoms with E-state index in [2.05, 4.69) is 10.2 Å². The summed E-state index contributed by atoms with van der Waals surface area (Å²) in [6.45, 7) is 2.30. The lowest BCUT2D eigenvalue weighted by Gasteiger charge is -2.34. The molecule has 1 amide bonds. The first-order valence-electron chi connectivity index (χ1n) is 10.9. The van der Waals surface area contributed by atoms with Crippen LogP contribution in [0.3, 0.4) is 0 Å². The summed E-state index contributed by atoms with van der Waals surface area (Å²) in [4.78, 5) is 29.3. The van der Waals surface area contributed by atoms with Crippen LogP contribution in [0.1, 0.15) is 35.7 Å². The largest absolute Gasteiger partial charge is 0.465 e. The predicted octanol–water partition coefficient (Wildman–Crippen LogP) is 3.58. The van der Waals surface area contributed by atoms with Gasteiger partial charge in [0.15, 0.2) is 0 Å². The number of rotatable bonds is 5. The van der Waals surface area contributed by atoms with Crippen molar-refractivity contribution in [1.29, 1.82) is 0 Å². The van der Waals surface area contributed by atoms with E-state index in [4.69, 9.17) is 26.8 Å². The number of anilines is 1. The highest BCUT2D eigenvalue weighted by Crippen LogP contribution is 2.56. The molecule has 2 aliphatic rings. The van der Waals surface area contributed by atoms with E-state index in [1.807, 2.05) is 43.3 Å². The van der Waals surface area contributed by atoms with Crippen LogP contribution in [0.15, 0.2) is 60.0 Å². The van der Waals surface area contributed by atoms with Crippen LogP contribution in [0.25, 0.3) is 0 Å². The van der Waals surface area contributed by atoms with Crippen LogP contribution in [-0.2, 0) is 32.7 Å². The number of nitrogens with zero attached hydrogens (tertiary/aromatic N) is 2. The maximum atomic E-state index is 14.5. The number of methoxy groups -OCH3 is 1. The van der Waals surface area contributed by atoms with Crippen molar-refractivity contribution < 1.29 is 19.1 Å². The quantitative estimate of drug-likeness (QED) is 0.542. The standard InChI is InChI=1S/C25H23ClN4O4/c1-3-6-17-19-22(29-28-17)34-21(27)20(23(31)33-2)25(19)16-7-4-5-8-18(16)30(24(25)32)13-14-9-11-15(26)12-10-14/h4-5,7-12H,3,6,13,27H2,1-2H3,(H,28,29). The second-order valence-corrected chi connectivity index (χ2v) is 8.69. The number of fused-ring (bicyclic) bond motifs is 4. The SMILES string of the molecule is CCCc1[nH]nc2c1C1(C(=O)N(Cc3ccc(Cl)cc3)c3ccccc31)C(C(=O)OC)=C(N)O2. The molecule has 5 rings (SSSR count). The zero-order chi connectivity index (χ0) is 24.0. The van der Waals surface area contributed by atoms with E-state index in [9.17, 15) is 9.59 Å². The smallest absolute Gasteiger partial charge is 0.340 e. The Hall–Kier alpha value is -3.78. The Morgan fingerprint density at radius 3 is 2.68 bits per heavy atom. The highest BCUT2D eigenvalue weighted by Gasteiger charge is 2.62. The predicted molar refractivity (Wildman–Crippen MR) is 126 cm³/mol. The molecule has 3 aromatic rings. The van der Waals surface area contributed by atoms with Crippen molar-refractivity contribution in [3.8, 4) is 5.88 Å². The van der Waals surface area contributed by atoms with Gasteiger partial charge in [-0.3, -0.25) is 9.89 Å². The first kappa shape index (κ1) is 22.0. The first-order valence-corrected chi connectivity index (χ1v) is 11.3. The van der Waals surface area contributed by atoms with E-state index in [0.717, 1.165) is 12.0 Å². The summed E-state index contributed by atoms with van der Waals surface area (Å²) >= 11 is 6.06. The highest BCUT2D eigenvalue weighted by atomic mass is 35.5. The first-order chi connectivity index (χ1) is 16.4. The molecule has 1 spiro atoms. The molecular weight excluding hydrogens is 456 g/mol. The number of benzene rings is 2. The number of nitrogens with one attached hydrogen (secondary N) is 1. The van der Waals surface area contributed by atoms with Crippen molar-refractivity contribution in [1.82, 2.24) is 10.2 Å². The Kier molecular flexibility index (Phi) is 5.32. The monoisotopic (exact) mass is 478 g/mol. The fourth-order valence-corrected chi connectivity index (χ4v) is 5.06. The summed E-state index contributed by atoms with van der Waals surface area (Å²) in [5.41, 5.74) is 8.06. The Balaban J connectivity index is 1.79. The maximum Gasteiger partial charge on any atom is 0.340 e. The maximum absolute atomic E-state index is 14.5. The molecular formula is C25H23ClN4O4. The van der Waals surface area contributed by atoms with Crippen molar-refractivity contribution in [2.24, 2.45) is 5.73 Å². The fourth-order valence-electron chi connectivity index (χ4n) is 4.94. The fraction of sp³-hybridized carbons (Fsp3) is 0.240. The minimum Gasteiger partial charge on any atom is -0.465 e. The van der Waals surface area contributed by atoms with Gasteiger partial charge in [0.25, 0.3) is 0 Å². The van der Waals surface area contributed by atoms with Gasteiger partial charge in [0.2, 0.25) is 17.7 Å². The normalized spacial score (nSPS) is 18.7. The van der Waals surface area contributed by atoms with E-state index in [1.165, 1.54) is 7.11 Å². The van der Waals surface area contributed by atoms with Gasteiger partial charge in [0.1, 0.15) is 11.0 Å². The minimum atomic E-state index is -1.55. The number of carbonyl (C=O) groups is 2. The summed E-state index contributed by atoms with van der Waals surface area (Å²) in [6.07, 6.45) is 1.40. The molecule has 8 nitrogen and oxygen atoms in total. The summed E-state index contributed by atoms with van der Waals surface area (Å²) in [5, 5.41) is 7.89. The van der Waals surface area contributed by atoms with Crippen LogP contribution in [-0.4, -0.2) is 29.2 Å². The molecule has 1 unspecified atom stereocenters. The van der Waals surface area contributed by atoms with Gasteiger partial charge in [-0.05, 0) is 30.2 Å². The number of hydrogen-bond acceptors (Lipinski definition) is 6. The number of aryl methyl sites for hydroxylation is 1. The molecule has 34 heavy (non-hydrogen) atoms. The van der Waals surface area contributed by atoms with Gasteiger partial charge < -0.3 is 20.1 Å². The lowest BCUT2D eigenvalue weighted by Crippen LogP contribution is -2.48. The van der Waals surface area contributed by atoms with Crippen molar-refractivity contribution in [3.05, 3.63) is 87.4 Å². The molecule has 174 valence electrons. The number of esters is 1. The number of aromatic amines is 1. The number of halogens is 1.